The number of hydrogen-bond donors (Lipinski definition) is 1. The summed E-state index contributed by atoms with van der Waals surface area (Å²) in [6, 6.07) is 0.966. The van der Waals surface area contributed by atoms with Gasteiger partial charge >= 0.3 is 0 Å². The van der Waals surface area contributed by atoms with Gasteiger partial charge in [0, 0.05) is 6.04 Å². The summed E-state index contributed by atoms with van der Waals surface area (Å²) in [6.07, 6.45) is 18.9. The van der Waals surface area contributed by atoms with Crippen LogP contribution in [0.4, 0.5) is 0 Å². The minimum Gasteiger partial charge on any atom is -0.300 e. The second-order valence-corrected chi connectivity index (χ2v) is 7.44. The molecule has 20 heavy (non-hydrogen) atoms. The molecule has 0 amide bonds. The molecule has 2 fully saturated rings. The molecule has 1 saturated heterocycles. The molecule has 2 heteroatoms. The van der Waals surface area contributed by atoms with Gasteiger partial charge in [0.25, 0.3) is 0 Å². The number of rotatable bonds is 10. The van der Waals surface area contributed by atoms with E-state index in [2.05, 4.69) is 17.5 Å². The third-order valence-electron chi connectivity index (χ3n) is 5.46. The highest BCUT2D eigenvalue weighted by Gasteiger charge is 2.32. The van der Waals surface area contributed by atoms with Gasteiger partial charge in [-0.2, -0.15) is 12.6 Å². The molecule has 0 radical (unpaired) electrons. The number of hydrogen-bond acceptors (Lipinski definition) is 2. The smallest absolute Gasteiger partial charge is 0.0124 e. The van der Waals surface area contributed by atoms with E-state index in [9.17, 15) is 0 Å². The van der Waals surface area contributed by atoms with Gasteiger partial charge in [0.1, 0.15) is 0 Å². The maximum atomic E-state index is 4.27. The molecule has 2 aliphatic rings. The van der Waals surface area contributed by atoms with Gasteiger partial charge < -0.3 is 4.90 Å². The third-order valence-corrected chi connectivity index (χ3v) is 5.78. The summed E-state index contributed by atoms with van der Waals surface area (Å²) in [5, 5.41) is 0. The average Bonchev–Trinajstić information content (AvgIpc) is 3.11. The number of unbranched alkanes of at least 4 members (excludes halogenated alkanes) is 6. The molecule has 2 rings (SSSR count). The molecule has 0 aromatic heterocycles. The summed E-state index contributed by atoms with van der Waals surface area (Å²) in [5.74, 6) is 2.12. The van der Waals surface area contributed by atoms with E-state index < -0.39 is 0 Å². The fourth-order valence-corrected chi connectivity index (χ4v) is 4.54. The Morgan fingerprint density at radius 3 is 2.10 bits per heavy atom. The molecule has 1 saturated carbocycles. The van der Waals surface area contributed by atoms with Crippen molar-refractivity contribution in [1.29, 1.82) is 0 Å². The predicted octanol–water partition coefficient (Wildman–Crippen LogP) is 5.30. The lowest BCUT2D eigenvalue weighted by molar-refractivity contribution is 0.187. The van der Waals surface area contributed by atoms with Crippen molar-refractivity contribution in [2.45, 2.75) is 89.5 Å². The number of likely N-dealkylation sites (tertiary alicyclic amines) is 1. The van der Waals surface area contributed by atoms with Gasteiger partial charge in [-0.25, -0.2) is 0 Å². The maximum Gasteiger partial charge on any atom is 0.0124 e. The molecular formula is C18H35NS. The molecule has 1 unspecified atom stereocenters. The molecule has 0 aromatic rings. The van der Waals surface area contributed by atoms with Crippen LogP contribution in [-0.2, 0) is 0 Å². The highest BCUT2D eigenvalue weighted by atomic mass is 32.1. The van der Waals surface area contributed by atoms with Crippen LogP contribution >= 0.6 is 12.6 Å². The molecule has 1 aliphatic heterocycles. The summed E-state index contributed by atoms with van der Waals surface area (Å²) in [7, 11) is 0. The Hall–Kier alpha value is 0.310. The molecule has 0 N–H and O–H groups in total. The van der Waals surface area contributed by atoms with Crippen LogP contribution in [0.15, 0.2) is 0 Å². The van der Waals surface area contributed by atoms with E-state index in [0.717, 1.165) is 17.7 Å². The highest BCUT2D eigenvalue weighted by molar-refractivity contribution is 7.80. The largest absolute Gasteiger partial charge is 0.300 e. The van der Waals surface area contributed by atoms with Crippen LogP contribution < -0.4 is 0 Å². The molecular weight excluding hydrogens is 262 g/mol. The van der Waals surface area contributed by atoms with E-state index in [0.29, 0.717) is 0 Å². The van der Waals surface area contributed by atoms with Gasteiger partial charge in [-0.3, -0.25) is 0 Å². The van der Waals surface area contributed by atoms with Crippen molar-refractivity contribution >= 4 is 12.6 Å². The Kier molecular flexibility index (Phi) is 8.43. The zero-order valence-corrected chi connectivity index (χ0v) is 14.3. The minimum absolute atomic E-state index is 0.966. The fourth-order valence-electron chi connectivity index (χ4n) is 4.32. The number of thiol groups is 1. The standard InChI is InChI=1S/C18H35NS/c20-16-9-5-3-1-2-4-8-14-19-15-10-13-18(19)17-11-6-7-12-17/h17-18,20H,1-16H2. The minimum atomic E-state index is 0.966. The van der Waals surface area contributed by atoms with E-state index in [1.807, 2.05) is 0 Å². The summed E-state index contributed by atoms with van der Waals surface area (Å²) in [4.78, 5) is 2.84. The summed E-state index contributed by atoms with van der Waals surface area (Å²) >= 11 is 4.27. The molecule has 1 aliphatic carbocycles. The monoisotopic (exact) mass is 297 g/mol. The molecule has 0 bridgehead atoms. The topological polar surface area (TPSA) is 3.24 Å². The van der Waals surface area contributed by atoms with Gasteiger partial charge in [0.15, 0.2) is 0 Å². The van der Waals surface area contributed by atoms with Gasteiger partial charge in [-0.05, 0) is 63.3 Å². The summed E-state index contributed by atoms with van der Waals surface area (Å²) < 4.78 is 0. The van der Waals surface area contributed by atoms with Gasteiger partial charge in [-0.1, -0.05) is 44.9 Å². The van der Waals surface area contributed by atoms with E-state index in [1.54, 1.807) is 0 Å². The molecule has 1 atom stereocenters. The first kappa shape index (κ1) is 16.7. The van der Waals surface area contributed by atoms with Crippen LogP contribution in [0.5, 0.6) is 0 Å². The molecule has 0 aromatic carbocycles. The van der Waals surface area contributed by atoms with Crippen LogP contribution in [-0.4, -0.2) is 29.8 Å². The fraction of sp³-hybridized carbons (Fsp3) is 1.00. The Balaban J connectivity index is 1.50. The van der Waals surface area contributed by atoms with Crippen molar-refractivity contribution in [2.24, 2.45) is 5.92 Å². The van der Waals surface area contributed by atoms with Crippen molar-refractivity contribution in [3.63, 3.8) is 0 Å². The zero-order chi connectivity index (χ0) is 14.0. The summed E-state index contributed by atoms with van der Waals surface area (Å²) in [6.45, 7) is 2.78. The lowest BCUT2D eigenvalue weighted by atomic mass is 9.96. The van der Waals surface area contributed by atoms with Crippen molar-refractivity contribution < 1.29 is 0 Å². The van der Waals surface area contributed by atoms with Gasteiger partial charge in [-0.15, -0.1) is 0 Å². The molecule has 1 nitrogen and oxygen atoms in total. The van der Waals surface area contributed by atoms with Crippen molar-refractivity contribution in [3.8, 4) is 0 Å². The zero-order valence-electron chi connectivity index (χ0n) is 13.4. The van der Waals surface area contributed by atoms with Gasteiger partial charge in [0.2, 0.25) is 0 Å². The highest BCUT2D eigenvalue weighted by Crippen LogP contribution is 2.35. The number of nitrogens with zero attached hydrogens (tertiary/aromatic N) is 1. The Morgan fingerprint density at radius 1 is 0.750 bits per heavy atom. The molecule has 0 spiro atoms. The quantitative estimate of drug-likeness (QED) is 0.423. The van der Waals surface area contributed by atoms with Crippen LogP contribution in [0, 0.1) is 5.92 Å². The van der Waals surface area contributed by atoms with Crippen molar-refractivity contribution in [3.05, 3.63) is 0 Å². The lowest BCUT2D eigenvalue weighted by Crippen LogP contribution is -2.35. The van der Waals surface area contributed by atoms with E-state index in [-0.39, 0.29) is 0 Å². The first-order valence-corrected chi connectivity index (χ1v) is 9.90. The average molecular weight is 298 g/mol. The lowest BCUT2D eigenvalue weighted by Gasteiger charge is -2.29. The molecule has 118 valence electrons. The summed E-state index contributed by atoms with van der Waals surface area (Å²) in [5.41, 5.74) is 0. The van der Waals surface area contributed by atoms with Crippen LogP contribution in [0.3, 0.4) is 0 Å². The second-order valence-electron chi connectivity index (χ2n) is 6.99. The van der Waals surface area contributed by atoms with Gasteiger partial charge in [0.05, 0.1) is 0 Å². The Morgan fingerprint density at radius 2 is 1.40 bits per heavy atom. The maximum absolute atomic E-state index is 4.27. The van der Waals surface area contributed by atoms with Crippen LogP contribution in [0.25, 0.3) is 0 Å². The second kappa shape index (κ2) is 10.1. The van der Waals surface area contributed by atoms with Crippen molar-refractivity contribution in [2.75, 3.05) is 18.8 Å². The predicted molar refractivity (Wildman–Crippen MR) is 92.7 cm³/mol. The van der Waals surface area contributed by atoms with Crippen LogP contribution in [0.2, 0.25) is 0 Å². The van der Waals surface area contributed by atoms with E-state index >= 15 is 0 Å². The normalized spacial score (nSPS) is 24.8. The van der Waals surface area contributed by atoms with E-state index in [4.69, 9.17) is 0 Å². The molecule has 1 heterocycles. The Bertz CT molecular complexity index is 238. The SMILES string of the molecule is SCCCCCCCCCN1CCCC1C1CCCC1. The van der Waals surface area contributed by atoms with Crippen LogP contribution in [0.1, 0.15) is 83.5 Å². The first-order valence-electron chi connectivity index (χ1n) is 9.26. The van der Waals surface area contributed by atoms with E-state index in [1.165, 1.54) is 96.6 Å². The third kappa shape index (κ3) is 5.60. The van der Waals surface area contributed by atoms with Crippen molar-refractivity contribution in [1.82, 2.24) is 4.90 Å². The first-order chi connectivity index (χ1) is 9.92. The Labute approximate surface area is 132 Å².